The lowest BCUT2D eigenvalue weighted by Gasteiger charge is -2.31. The zero-order chi connectivity index (χ0) is 10.5. The lowest BCUT2D eigenvalue weighted by molar-refractivity contribution is 0.0218. The lowest BCUT2D eigenvalue weighted by Crippen LogP contribution is -2.50. The van der Waals surface area contributed by atoms with Crippen LogP contribution >= 0.6 is 0 Å². The summed E-state index contributed by atoms with van der Waals surface area (Å²) in [5.74, 6) is 0. The molecule has 0 aliphatic carbocycles. The van der Waals surface area contributed by atoms with E-state index in [4.69, 9.17) is 5.11 Å². The summed E-state index contributed by atoms with van der Waals surface area (Å²) in [7, 11) is 0. The Morgan fingerprint density at radius 3 is 1.92 bits per heavy atom. The Hall–Kier alpha value is -0.120. The summed E-state index contributed by atoms with van der Waals surface area (Å²) in [6, 6.07) is 0. The molecular formula is C10H23NO2. The normalized spacial score (nSPS) is 13.4. The Labute approximate surface area is 81.2 Å². The van der Waals surface area contributed by atoms with Gasteiger partial charge in [0.1, 0.15) is 0 Å². The minimum atomic E-state index is -0.632. The minimum absolute atomic E-state index is 0.0799. The molecule has 13 heavy (non-hydrogen) atoms. The van der Waals surface area contributed by atoms with E-state index in [-0.39, 0.29) is 12.1 Å². The van der Waals surface area contributed by atoms with E-state index in [1.54, 1.807) is 0 Å². The maximum Gasteiger partial charge on any atom is 0.0766 e. The minimum Gasteiger partial charge on any atom is -0.394 e. The van der Waals surface area contributed by atoms with Crippen molar-refractivity contribution < 1.29 is 10.2 Å². The summed E-state index contributed by atoms with van der Waals surface area (Å²) in [4.78, 5) is 0. The molecule has 0 aromatic rings. The third-order valence-electron chi connectivity index (χ3n) is 2.61. The van der Waals surface area contributed by atoms with E-state index in [1.165, 1.54) is 0 Å². The highest BCUT2D eigenvalue weighted by atomic mass is 16.3. The molecule has 0 amide bonds. The van der Waals surface area contributed by atoms with E-state index in [1.807, 2.05) is 27.7 Å². The summed E-state index contributed by atoms with van der Waals surface area (Å²) in [5, 5.41) is 22.1. The summed E-state index contributed by atoms with van der Waals surface area (Å²) < 4.78 is 0. The van der Waals surface area contributed by atoms with E-state index >= 15 is 0 Å². The maximum absolute atomic E-state index is 9.94. The number of nitrogens with one attached hydrogen (secondary N) is 1. The van der Waals surface area contributed by atoms with Crippen molar-refractivity contribution in [3.05, 3.63) is 0 Å². The second-order valence-corrected chi connectivity index (χ2v) is 4.33. The van der Waals surface area contributed by atoms with Crippen LogP contribution in [0.3, 0.4) is 0 Å². The lowest BCUT2D eigenvalue weighted by atomic mass is 9.95. The first-order chi connectivity index (χ1) is 5.89. The van der Waals surface area contributed by atoms with Crippen molar-refractivity contribution in [1.82, 2.24) is 5.32 Å². The molecule has 0 bridgehead atoms. The summed E-state index contributed by atoms with van der Waals surface area (Å²) in [6.07, 6.45) is 1.47. The molecule has 0 aromatic carbocycles. The van der Waals surface area contributed by atoms with Crippen molar-refractivity contribution in [3.63, 3.8) is 0 Å². The van der Waals surface area contributed by atoms with E-state index in [2.05, 4.69) is 5.32 Å². The summed E-state index contributed by atoms with van der Waals surface area (Å²) in [5.41, 5.74) is -0.940. The van der Waals surface area contributed by atoms with Gasteiger partial charge in [-0.05, 0) is 26.7 Å². The molecule has 3 N–H and O–H groups in total. The van der Waals surface area contributed by atoms with Crippen LogP contribution in [0.1, 0.15) is 40.5 Å². The molecule has 80 valence electrons. The molecule has 3 heteroatoms. The fourth-order valence-electron chi connectivity index (χ4n) is 0.960. The molecule has 0 saturated heterocycles. The first kappa shape index (κ1) is 12.9. The Morgan fingerprint density at radius 2 is 1.62 bits per heavy atom. The van der Waals surface area contributed by atoms with Gasteiger partial charge < -0.3 is 15.5 Å². The van der Waals surface area contributed by atoms with E-state index in [9.17, 15) is 5.11 Å². The Bertz CT molecular complexity index is 142. The fourth-order valence-corrected chi connectivity index (χ4v) is 0.960. The van der Waals surface area contributed by atoms with Crippen LogP contribution < -0.4 is 5.32 Å². The Morgan fingerprint density at radius 1 is 1.15 bits per heavy atom. The van der Waals surface area contributed by atoms with Crippen LogP contribution in [-0.2, 0) is 0 Å². The molecule has 0 saturated carbocycles. The molecular weight excluding hydrogens is 166 g/mol. The van der Waals surface area contributed by atoms with Crippen molar-refractivity contribution in [1.29, 1.82) is 0 Å². The zero-order valence-corrected chi connectivity index (χ0v) is 9.22. The molecule has 0 atom stereocenters. The van der Waals surface area contributed by atoms with E-state index in [0.29, 0.717) is 6.54 Å². The van der Waals surface area contributed by atoms with Gasteiger partial charge in [0.15, 0.2) is 0 Å². The zero-order valence-electron chi connectivity index (χ0n) is 9.22. The number of hydrogen-bond donors (Lipinski definition) is 3. The first-order valence-electron chi connectivity index (χ1n) is 4.97. The third kappa shape index (κ3) is 4.60. The smallest absolute Gasteiger partial charge is 0.0766 e. The van der Waals surface area contributed by atoms with Gasteiger partial charge in [0, 0.05) is 12.1 Å². The molecule has 0 aromatic heterocycles. The van der Waals surface area contributed by atoms with Crippen LogP contribution in [0.15, 0.2) is 0 Å². The highest BCUT2D eigenvalue weighted by molar-refractivity contribution is 4.84. The van der Waals surface area contributed by atoms with E-state index < -0.39 is 5.60 Å². The second-order valence-electron chi connectivity index (χ2n) is 4.33. The predicted molar refractivity (Wildman–Crippen MR) is 54.7 cm³/mol. The quantitative estimate of drug-likeness (QED) is 0.582. The van der Waals surface area contributed by atoms with Gasteiger partial charge in [0.2, 0.25) is 0 Å². The fraction of sp³-hybridized carbons (Fsp3) is 1.00. The molecule has 0 spiro atoms. The Kier molecular flexibility index (Phi) is 4.89. The van der Waals surface area contributed by atoms with Gasteiger partial charge in [0.05, 0.1) is 12.2 Å². The summed E-state index contributed by atoms with van der Waals surface area (Å²) >= 11 is 0. The largest absolute Gasteiger partial charge is 0.394 e. The van der Waals surface area contributed by atoms with Crippen molar-refractivity contribution in [2.24, 2.45) is 0 Å². The van der Waals surface area contributed by atoms with Gasteiger partial charge in [-0.3, -0.25) is 0 Å². The van der Waals surface area contributed by atoms with Crippen LogP contribution in [0.5, 0.6) is 0 Å². The predicted octanol–water partition coefficient (Wildman–Crippen LogP) is 0.898. The highest BCUT2D eigenvalue weighted by Crippen LogP contribution is 2.14. The number of aliphatic hydroxyl groups excluding tert-OH is 1. The summed E-state index contributed by atoms with van der Waals surface area (Å²) in [6.45, 7) is 8.38. The van der Waals surface area contributed by atoms with Crippen molar-refractivity contribution in [3.8, 4) is 0 Å². The average Bonchev–Trinajstić information content (AvgIpc) is 2.14. The standard InChI is InChI=1S/C10H23NO2/c1-5-10(13,6-2)7-11-9(3,4)8-12/h11-13H,5-8H2,1-4H3. The molecule has 0 aliphatic rings. The van der Waals surface area contributed by atoms with Gasteiger partial charge in [-0.25, -0.2) is 0 Å². The van der Waals surface area contributed by atoms with Gasteiger partial charge in [-0.1, -0.05) is 13.8 Å². The SMILES string of the molecule is CCC(O)(CC)CNC(C)(C)CO. The monoisotopic (exact) mass is 189 g/mol. The molecule has 3 nitrogen and oxygen atoms in total. The molecule has 0 aliphatic heterocycles. The maximum atomic E-state index is 9.94. The van der Waals surface area contributed by atoms with Gasteiger partial charge >= 0.3 is 0 Å². The van der Waals surface area contributed by atoms with E-state index in [0.717, 1.165) is 12.8 Å². The van der Waals surface area contributed by atoms with Crippen LogP contribution in [0, 0.1) is 0 Å². The topological polar surface area (TPSA) is 52.5 Å². The van der Waals surface area contributed by atoms with Gasteiger partial charge in [0.25, 0.3) is 0 Å². The molecule has 0 heterocycles. The van der Waals surface area contributed by atoms with Crippen molar-refractivity contribution in [2.75, 3.05) is 13.2 Å². The van der Waals surface area contributed by atoms with Crippen LogP contribution in [0.2, 0.25) is 0 Å². The van der Waals surface area contributed by atoms with Crippen molar-refractivity contribution >= 4 is 0 Å². The van der Waals surface area contributed by atoms with Crippen molar-refractivity contribution in [2.45, 2.75) is 51.7 Å². The number of β-amino-alcohol motifs (C(OH)–C–C–N with tert-alkyl or cyclic N) is 1. The van der Waals surface area contributed by atoms with Crippen LogP contribution in [0.4, 0.5) is 0 Å². The van der Waals surface area contributed by atoms with Crippen LogP contribution in [0.25, 0.3) is 0 Å². The number of hydrogen-bond acceptors (Lipinski definition) is 3. The average molecular weight is 189 g/mol. The number of aliphatic hydroxyl groups is 2. The second kappa shape index (κ2) is 4.94. The molecule has 0 rings (SSSR count). The highest BCUT2D eigenvalue weighted by Gasteiger charge is 2.25. The molecule has 0 unspecified atom stereocenters. The third-order valence-corrected chi connectivity index (χ3v) is 2.61. The molecule has 0 fully saturated rings. The molecule has 0 radical (unpaired) electrons. The van der Waals surface area contributed by atoms with Gasteiger partial charge in [-0.15, -0.1) is 0 Å². The van der Waals surface area contributed by atoms with Crippen LogP contribution in [-0.4, -0.2) is 34.5 Å². The number of rotatable bonds is 6. The Balaban J connectivity index is 3.99. The van der Waals surface area contributed by atoms with Gasteiger partial charge in [-0.2, -0.15) is 0 Å². The first-order valence-corrected chi connectivity index (χ1v) is 4.97.